The predicted octanol–water partition coefficient (Wildman–Crippen LogP) is 2.47. The number of hydrogen-bond donors (Lipinski definition) is 0. The van der Waals surface area contributed by atoms with Crippen molar-refractivity contribution in [3.8, 4) is 0 Å². The molecule has 7 heteroatoms. The number of hydrogen-bond acceptors (Lipinski definition) is 4. The van der Waals surface area contributed by atoms with Crippen molar-refractivity contribution in [1.82, 2.24) is 9.80 Å². The number of likely N-dealkylation sites (tertiary alicyclic amines) is 1. The number of benzene rings is 1. The summed E-state index contributed by atoms with van der Waals surface area (Å²) < 4.78 is 5.74. The van der Waals surface area contributed by atoms with Gasteiger partial charge in [0.25, 0.3) is 5.91 Å². The largest absolute Gasteiger partial charge is 0.372 e. The van der Waals surface area contributed by atoms with Crippen LogP contribution in [0.2, 0.25) is 0 Å². The number of piperidine rings is 1. The van der Waals surface area contributed by atoms with E-state index in [9.17, 15) is 14.4 Å². The molecule has 3 amide bonds. The lowest BCUT2D eigenvalue weighted by Gasteiger charge is -2.39. The van der Waals surface area contributed by atoms with E-state index >= 15 is 0 Å². The van der Waals surface area contributed by atoms with E-state index in [0.29, 0.717) is 57.5 Å². The van der Waals surface area contributed by atoms with Crippen LogP contribution in [-0.4, -0.2) is 72.5 Å². The zero-order valence-corrected chi connectivity index (χ0v) is 18.8. The molecule has 2 fully saturated rings. The van der Waals surface area contributed by atoms with Crippen LogP contribution >= 0.6 is 0 Å². The zero-order valence-electron chi connectivity index (χ0n) is 18.8. The Balaban J connectivity index is 1.36. The SMILES string of the molecule is CCC(=O)N1CCc2cc(C(=O)N3CCC(C(=O)N4CC(C)OC(C)C4)CC3)ccc21. The third kappa shape index (κ3) is 4.47. The van der Waals surface area contributed by atoms with Crippen LogP contribution in [-0.2, 0) is 20.7 Å². The highest BCUT2D eigenvalue weighted by atomic mass is 16.5. The summed E-state index contributed by atoms with van der Waals surface area (Å²) in [5, 5.41) is 0. The van der Waals surface area contributed by atoms with Gasteiger partial charge in [-0.2, -0.15) is 0 Å². The molecule has 3 aliphatic rings. The van der Waals surface area contributed by atoms with E-state index in [1.807, 2.05) is 53.7 Å². The van der Waals surface area contributed by atoms with Crippen LogP contribution in [0.4, 0.5) is 5.69 Å². The molecule has 0 bridgehead atoms. The molecule has 1 aromatic rings. The molecule has 3 heterocycles. The Morgan fingerprint density at radius 2 is 1.68 bits per heavy atom. The van der Waals surface area contributed by atoms with Crippen LogP contribution in [0.3, 0.4) is 0 Å². The lowest BCUT2D eigenvalue weighted by Crippen LogP contribution is -2.51. The van der Waals surface area contributed by atoms with Crippen LogP contribution in [0.1, 0.15) is 56.0 Å². The van der Waals surface area contributed by atoms with Crippen molar-refractivity contribution in [2.75, 3.05) is 37.6 Å². The van der Waals surface area contributed by atoms with Gasteiger partial charge in [0.2, 0.25) is 11.8 Å². The molecule has 2 atom stereocenters. The quantitative estimate of drug-likeness (QED) is 0.743. The lowest BCUT2D eigenvalue weighted by molar-refractivity contribution is -0.148. The number of rotatable bonds is 3. The first-order valence-electron chi connectivity index (χ1n) is 11.5. The van der Waals surface area contributed by atoms with Gasteiger partial charge in [0, 0.05) is 56.3 Å². The highest BCUT2D eigenvalue weighted by molar-refractivity contribution is 5.98. The smallest absolute Gasteiger partial charge is 0.253 e. The molecule has 0 radical (unpaired) electrons. The first-order valence-corrected chi connectivity index (χ1v) is 11.5. The molecule has 0 N–H and O–H groups in total. The van der Waals surface area contributed by atoms with Gasteiger partial charge in [-0.25, -0.2) is 0 Å². The molecule has 31 heavy (non-hydrogen) atoms. The van der Waals surface area contributed by atoms with Crippen molar-refractivity contribution in [2.24, 2.45) is 5.92 Å². The van der Waals surface area contributed by atoms with Gasteiger partial charge in [0.1, 0.15) is 0 Å². The second-order valence-corrected chi connectivity index (χ2v) is 9.06. The zero-order chi connectivity index (χ0) is 22.1. The molecular weight excluding hydrogens is 394 g/mol. The van der Waals surface area contributed by atoms with Gasteiger partial charge >= 0.3 is 0 Å². The Bertz CT molecular complexity index is 852. The molecule has 0 aromatic heterocycles. The highest BCUT2D eigenvalue weighted by Gasteiger charge is 2.34. The van der Waals surface area contributed by atoms with Gasteiger partial charge in [-0.05, 0) is 56.9 Å². The summed E-state index contributed by atoms with van der Waals surface area (Å²) in [6.45, 7) is 9.06. The number of anilines is 1. The van der Waals surface area contributed by atoms with Gasteiger partial charge in [-0.3, -0.25) is 14.4 Å². The Morgan fingerprint density at radius 3 is 2.32 bits per heavy atom. The fourth-order valence-corrected chi connectivity index (χ4v) is 5.11. The first-order chi connectivity index (χ1) is 14.9. The van der Waals surface area contributed by atoms with Crippen molar-refractivity contribution >= 4 is 23.4 Å². The van der Waals surface area contributed by atoms with Crippen LogP contribution in [0.25, 0.3) is 0 Å². The Labute approximate surface area is 184 Å². The van der Waals surface area contributed by atoms with E-state index in [4.69, 9.17) is 4.74 Å². The predicted molar refractivity (Wildman–Crippen MR) is 118 cm³/mol. The number of morpholine rings is 1. The van der Waals surface area contributed by atoms with Gasteiger partial charge in [0.15, 0.2) is 0 Å². The summed E-state index contributed by atoms with van der Waals surface area (Å²) in [6.07, 6.45) is 2.81. The minimum atomic E-state index is -0.0183. The van der Waals surface area contributed by atoms with Crippen molar-refractivity contribution in [1.29, 1.82) is 0 Å². The van der Waals surface area contributed by atoms with Crippen LogP contribution < -0.4 is 4.90 Å². The number of nitrogens with zero attached hydrogens (tertiary/aromatic N) is 3. The van der Waals surface area contributed by atoms with Crippen LogP contribution in [0, 0.1) is 5.92 Å². The maximum absolute atomic E-state index is 13.1. The number of carbonyl (C=O) groups is 3. The summed E-state index contributed by atoms with van der Waals surface area (Å²) in [4.78, 5) is 43.7. The molecule has 0 aliphatic carbocycles. The van der Waals surface area contributed by atoms with Gasteiger partial charge < -0.3 is 19.4 Å². The third-order valence-corrected chi connectivity index (χ3v) is 6.69. The fraction of sp³-hybridized carbons (Fsp3) is 0.625. The van der Waals surface area contributed by atoms with Crippen molar-refractivity contribution in [3.05, 3.63) is 29.3 Å². The maximum atomic E-state index is 13.1. The number of carbonyl (C=O) groups excluding carboxylic acids is 3. The minimum absolute atomic E-state index is 0.0163. The molecule has 0 saturated carbocycles. The summed E-state index contributed by atoms with van der Waals surface area (Å²) in [5.74, 6) is 0.318. The molecule has 1 aromatic carbocycles. The monoisotopic (exact) mass is 427 g/mol. The lowest BCUT2D eigenvalue weighted by atomic mass is 9.94. The molecular formula is C24H33N3O4. The van der Waals surface area contributed by atoms with Crippen LogP contribution in [0.5, 0.6) is 0 Å². The van der Waals surface area contributed by atoms with E-state index in [-0.39, 0.29) is 35.8 Å². The van der Waals surface area contributed by atoms with E-state index in [2.05, 4.69) is 0 Å². The second-order valence-electron chi connectivity index (χ2n) is 9.06. The topological polar surface area (TPSA) is 70.2 Å². The van der Waals surface area contributed by atoms with E-state index in [0.717, 1.165) is 17.7 Å². The summed E-state index contributed by atoms with van der Waals surface area (Å²) >= 11 is 0. The fourth-order valence-electron chi connectivity index (χ4n) is 5.11. The Hall–Kier alpha value is -2.41. The van der Waals surface area contributed by atoms with E-state index in [1.54, 1.807) is 0 Å². The summed E-state index contributed by atoms with van der Waals surface area (Å²) in [6, 6.07) is 5.67. The van der Waals surface area contributed by atoms with Crippen molar-refractivity contribution in [2.45, 2.75) is 58.7 Å². The molecule has 4 rings (SSSR count). The van der Waals surface area contributed by atoms with Crippen molar-refractivity contribution in [3.63, 3.8) is 0 Å². The average Bonchev–Trinajstić information content (AvgIpc) is 3.20. The third-order valence-electron chi connectivity index (χ3n) is 6.69. The Kier molecular flexibility index (Phi) is 6.32. The standard InChI is InChI=1S/C24H33N3O4/c1-4-22(28)27-12-9-19-13-20(5-6-21(19)27)24(30)25-10-7-18(8-11-25)23(29)26-14-16(2)31-17(3)15-26/h5-6,13,16-18H,4,7-12,14-15H2,1-3H3. The number of amides is 3. The Morgan fingerprint density at radius 1 is 1.00 bits per heavy atom. The first kappa shape index (κ1) is 21.8. The summed E-state index contributed by atoms with van der Waals surface area (Å²) in [7, 11) is 0. The minimum Gasteiger partial charge on any atom is -0.372 e. The van der Waals surface area contributed by atoms with Crippen molar-refractivity contribution < 1.29 is 19.1 Å². The van der Waals surface area contributed by atoms with E-state index in [1.165, 1.54) is 0 Å². The molecule has 3 aliphatic heterocycles. The highest BCUT2D eigenvalue weighted by Crippen LogP contribution is 2.30. The van der Waals surface area contributed by atoms with Gasteiger partial charge in [-0.15, -0.1) is 0 Å². The molecule has 0 spiro atoms. The average molecular weight is 428 g/mol. The normalized spacial score (nSPS) is 24.3. The number of ether oxygens (including phenoxy) is 1. The summed E-state index contributed by atoms with van der Waals surface area (Å²) in [5.41, 5.74) is 2.67. The molecule has 2 saturated heterocycles. The molecule has 2 unspecified atom stereocenters. The van der Waals surface area contributed by atoms with Gasteiger partial charge in [0.05, 0.1) is 12.2 Å². The molecule has 168 valence electrons. The maximum Gasteiger partial charge on any atom is 0.253 e. The van der Waals surface area contributed by atoms with Crippen LogP contribution in [0.15, 0.2) is 18.2 Å². The second kappa shape index (κ2) is 8.99. The molecule has 7 nitrogen and oxygen atoms in total. The van der Waals surface area contributed by atoms with E-state index < -0.39 is 0 Å². The van der Waals surface area contributed by atoms with Gasteiger partial charge in [-0.1, -0.05) is 6.92 Å². The number of fused-ring (bicyclic) bond motifs is 1.